The smallest absolute Gasteiger partial charge is 0.327 e. The third-order valence-electron chi connectivity index (χ3n) is 12.2. The third-order valence-corrected chi connectivity index (χ3v) is 12.6. The summed E-state index contributed by atoms with van der Waals surface area (Å²) in [4.78, 5) is 20.4. The highest BCUT2D eigenvalue weighted by atomic mass is 31.2. The van der Waals surface area contributed by atoms with E-state index >= 15 is 0 Å². The molecular weight excluding hydrogens is 694 g/mol. The first-order valence-electron chi connectivity index (χ1n) is 25.7. The number of nitrogens with zero attached hydrogens (tertiary/aromatic N) is 1. The molecule has 0 saturated carbocycles. The molecule has 0 aliphatic rings. The van der Waals surface area contributed by atoms with Crippen LogP contribution in [0, 0.1) is 0 Å². The summed E-state index contributed by atoms with van der Waals surface area (Å²) < 4.78 is 4.84. The highest BCUT2D eigenvalue weighted by Crippen LogP contribution is 2.24. The largest absolute Gasteiger partial charge is 0.328 e. The van der Waals surface area contributed by atoms with Crippen molar-refractivity contribution in [2.24, 2.45) is 0 Å². The standard InChI is InChI=1S/C50H104NO3P/c1-3-5-7-9-11-13-15-17-19-21-23-27-31-35-39-43-47-51(48-44-40-36-32-28-24-22-20-18-16-14-12-10-8-6-4-2)49-45-41-37-33-29-25-26-30-34-38-42-46-50-54-55(52)53/h52-53H,3-50H2,1-2H3. The zero-order chi connectivity index (χ0) is 39.8. The predicted octanol–water partition coefficient (Wildman–Crippen LogP) is 17.7. The normalized spacial score (nSPS) is 11.9. The maximum Gasteiger partial charge on any atom is 0.327 e. The van der Waals surface area contributed by atoms with Crippen LogP contribution in [0.2, 0.25) is 0 Å². The Morgan fingerprint density at radius 1 is 0.273 bits per heavy atom. The molecule has 0 radical (unpaired) electrons. The summed E-state index contributed by atoms with van der Waals surface area (Å²) in [5.41, 5.74) is 0. The lowest BCUT2D eigenvalue weighted by Crippen LogP contribution is -2.27. The van der Waals surface area contributed by atoms with E-state index in [1.54, 1.807) is 0 Å². The fourth-order valence-electron chi connectivity index (χ4n) is 8.45. The molecule has 2 N–H and O–H groups in total. The lowest BCUT2D eigenvalue weighted by Gasteiger charge is -2.22. The Bertz CT molecular complexity index is 629. The van der Waals surface area contributed by atoms with Gasteiger partial charge in [-0.3, -0.25) is 0 Å². The van der Waals surface area contributed by atoms with E-state index in [2.05, 4.69) is 18.7 Å². The van der Waals surface area contributed by atoms with Crippen molar-refractivity contribution in [2.45, 2.75) is 296 Å². The highest BCUT2D eigenvalue weighted by molar-refractivity contribution is 7.39. The van der Waals surface area contributed by atoms with Crippen LogP contribution >= 0.6 is 8.60 Å². The zero-order valence-corrected chi connectivity index (χ0v) is 39.0. The van der Waals surface area contributed by atoms with Crippen LogP contribution in [0.25, 0.3) is 0 Å². The van der Waals surface area contributed by atoms with E-state index in [1.165, 1.54) is 289 Å². The lowest BCUT2D eigenvalue weighted by molar-refractivity contribution is 0.248. The van der Waals surface area contributed by atoms with E-state index in [0.29, 0.717) is 6.61 Å². The molecular formula is C50H104NO3P. The van der Waals surface area contributed by atoms with Crippen LogP contribution in [0.15, 0.2) is 0 Å². The van der Waals surface area contributed by atoms with Crippen LogP contribution in [0.4, 0.5) is 0 Å². The van der Waals surface area contributed by atoms with Crippen molar-refractivity contribution >= 4 is 8.60 Å². The molecule has 0 heterocycles. The molecule has 0 amide bonds. The summed E-state index contributed by atoms with van der Waals surface area (Å²) in [6.45, 7) is 9.12. The first kappa shape index (κ1) is 55.3. The number of hydrogen-bond donors (Lipinski definition) is 2. The van der Waals surface area contributed by atoms with E-state index in [9.17, 15) is 0 Å². The summed E-state index contributed by atoms with van der Waals surface area (Å²) in [6, 6.07) is 0. The molecule has 4 nitrogen and oxygen atoms in total. The first-order chi connectivity index (χ1) is 27.2. The minimum absolute atomic E-state index is 0.482. The average Bonchev–Trinajstić information content (AvgIpc) is 3.18. The maximum absolute atomic E-state index is 8.78. The molecule has 0 atom stereocenters. The van der Waals surface area contributed by atoms with Crippen LogP contribution < -0.4 is 0 Å². The van der Waals surface area contributed by atoms with Crippen molar-refractivity contribution in [3.05, 3.63) is 0 Å². The van der Waals surface area contributed by atoms with Gasteiger partial charge in [-0.15, -0.1) is 0 Å². The number of rotatable bonds is 50. The van der Waals surface area contributed by atoms with Gasteiger partial charge in [0.2, 0.25) is 0 Å². The van der Waals surface area contributed by atoms with Gasteiger partial charge >= 0.3 is 8.60 Å². The number of hydrogen-bond acceptors (Lipinski definition) is 4. The van der Waals surface area contributed by atoms with Gasteiger partial charge in [0, 0.05) is 0 Å². The summed E-state index contributed by atoms with van der Waals surface area (Å²) in [6.07, 6.45) is 62.4. The Morgan fingerprint density at radius 2 is 0.455 bits per heavy atom. The van der Waals surface area contributed by atoms with Crippen LogP contribution in [-0.2, 0) is 4.52 Å². The molecule has 0 unspecified atom stereocenters. The van der Waals surface area contributed by atoms with Gasteiger partial charge in [-0.25, -0.2) is 0 Å². The van der Waals surface area contributed by atoms with Crippen LogP contribution in [-0.4, -0.2) is 40.9 Å². The Morgan fingerprint density at radius 3 is 0.655 bits per heavy atom. The van der Waals surface area contributed by atoms with Crippen molar-refractivity contribution in [3.63, 3.8) is 0 Å². The molecule has 0 aliphatic carbocycles. The molecule has 0 bridgehead atoms. The van der Waals surface area contributed by atoms with E-state index in [0.717, 1.165) is 12.8 Å². The third kappa shape index (κ3) is 50.3. The van der Waals surface area contributed by atoms with E-state index < -0.39 is 8.60 Å². The quantitative estimate of drug-likeness (QED) is 0.0475. The molecule has 0 aliphatic heterocycles. The van der Waals surface area contributed by atoms with Gasteiger partial charge in [-0.2, -0.15) is 0 Å². The average molecular weight is 798 g/mol. The second kappa shape index (κ2) is 50.4. The predicted molar refractivity (Wildman–Crippen MR) is 248 cm³/mol. The van der Waals surface area contributed by atoms with Crippen molar-refractivity contribution in [3.8, 4) is 0 Å². The Hall–Kier alpha value is 0.270. The van der Waals surface area contributed by atoms with Gasteiger partial charge in [-0.1, -0.05) is 271 Å². The van der Waals surface area contributed by atoms with Gasteiger partial charge in [0.25, 0.3) is 0 Å². The van der Waals surface area contributed by atoms with Crippen LogP contribution in [0.1, 0.15) is 296 Å². The molecule has 0 saturated heterocycles. The molecule has 0 fully saturated rings. The van der Waals surface area contributed by atoms with Gasteiger partial charge in [0.1, 0.15) is 0 Å². The Labute approximate surface area is 349 Å². The molecule has 0 aromatic carbocycles. The van der Waals surface area contributed by atoms with Gasteiger partial charge in [-0.05, 0) is 45.3 Å². The molecule has 5 heteroatoms. The van der Waals surface area contributed by atoms with Gasteiger partial charge in [0.15, 0.2) is 0 Å². The monoisotopic (exact) mass is 798 g/mol. The van der Waals surface area contributed by atoms with Gasteiger partial charge < -0.3 is 19.2 Å². The summed E-state index contributed by atoms with van der Waals surface area (Å²) in [5.74, 6) is 0. The van der Waals surface area contributed by atoms with E-state index in [4.69, 9.17) is 14.3 Å². The van der Waals surface area contributed by atoms with Gasteiger partial charge in [0.05, 0.1) is 6.61 Å². The second-order valence-electron chi connectivity index (χ2n) is 17.8. The minimum atomic E-state index is -2.17. The van der Waals surface area contributed by atoms with Crippen molar-refractivity contribution in [1.82, 2.24) is 4.90 Å². The maximum atomic E-state index is 8.78. The zero-order valence-electron chi connectivity index (χ0n) is 38.1. The van der Waals surface area contributed by atoms with E-state index in [-0.39, 0.29) is 0 Å². The first-order valence-corrected chi connectivity index (χ1v) is 26.9. The number of unbranched alkanes of at least 4 members (excludes halogenated alkanes) is 41. The van der Waals surface area contributed by atoms with Crippen LogP contribution in [0.3, 0.4) is 0 Å². The summed E-state index contributed by atoms with van der Waals surface area (Å²) in [5, 5.41) is 0. The fourth-order valence-corrected chi connectivity index (χ4v) is 8.75. The van der Waals surface area contributed by atoms with E-state index in [1.807, 2.05) is 0 Å². The van der Waals surface area contributed by atoms with Crippen molar-refractivity contribution in [1.29, 1.82) is 0 Å². The minimum Gasteiger partial charge on any atom is -0.328 e. The molecule has 55 heavy (non-hydrogen) atoms. The van der Waals surface area contributed by atoms with Crippen LogP contribution in [0.5, 0.6) is 0 Å². The fraction of sp³-hybridized carbons (Fsp3) is 1.00. The van der Waals surface area contributed by atoms with Crippen molar-refractivity contribution in [2.75, 3.05) is 26.2 Å². The molecule has 332 valence electrons. The molecule has 0 rings (SSSR count). The Kier molecular flexibility index (Phi) is 50.7. The Balaban J connectivity index is 3.95. The summed E-state index contributed by atoms with van der Waals surface area (Å²) in [7, 11) is -2.17. The SMILES string of the molecule is CCCCCCCCCCCCCCCCCCN(CCCCCCCCCCCCCCCCCC)CCCCCCCCCCCCCCOP(O)O. The van der Waals surface area contributed by atoms with Crippen molar-refractivity contribution < 1.29 is 14.3 Å². The lowest BCUT2D eigenvalue weighted by atomic mass is 10.0. The molecule has 0 aromatic rings. The summed E-state index contributed by atoms with van der Waals surface area (Å²) >= 11 is 0. The highest BCUT2D eigenvalue weighted by Gasteiger charge is 2.06. The molecule has 0 aromatic heterocycles. The topological polar surface area (TPSA) is 52.9 Å². The second-order valence-corrected chi connectivity index (χ2v) is 18.5. The molecule has 0 spiro atoms.